The fraction of sp³-hybridized carbons (Fsp3) is 0.909. The summed E-state index contributed by atoms with van der Waals surface area (Å²) in [4.78, 5) is 13.7. The number of hydrogen-bond donors (Lipinski definition) is 0. The van der Waals surface area contributed by atoms with Crippen molar-refractivity contribution in [3.63, 3.8) is 0 Å². The molecule has 3 nitrogen and oxygen atoms in total. The molecular formula is C11H19NO2. The molecule has 3 heteroatoms. The Morgan fingerprint density at radius 2 is 2.07 bits per heavy atom. The molecule has 2 rings (SSSR count). The van der Waals surface area contributed by atoms with Gasteiger partial charge < -0.3 is 9.64 Å². The first-order valence-corrected chi connectivity index (χ1v) is 5.61. The van der Waals surface area contributed by atoms with Crippen molar-refractivity contribution in [2.45, 2.75) is 45.3 Å². The van der Waals surface area contributed by atoms with Gasteiger partial charge in [0.15, 0.2) is 0 Å². The van der Waals surface area contributed by atoms with Gasteiger partial charge in [0.1, 0.15) is 0 Å². The maximum absolute atomic E-state index is 11.7. The van der Waals surface area contributed by atoms with Gasteiger partial charge in [-0.1, -0.05) is 0 Å². The maximum atomic E-state index is 11.7. The highest BCUT2D eigenvalue weighted by molar-refractivity contribution is 5.81. The van der Waals surface area contributed by atoms with E-state index in [1.54, 1.807) is 0 Å². The fourth-order valence-corrected chi connectivity index (χ4v) is 2.01. The molecule has 2 aliphatic rings. The minimum atomic E-state index is 0.274. The highest BCUT2D eigenvalue weighted by atomic mass is 16.5. The van der Waals surface area contributed by atoms with Crippen molar-refractivity contribution in [2.75, 3.05) is 13.1 Å². The summed E-state index contributed by atoms with van der Waals surface area (Å²) in [5.41, 5.74) is 0. The summed E-state index contributed by atoms with van der Waals surface area (Å²) in [5.74, 6) is 0.715. The molecule has 0 N–H and O–H groups in total. The Labute approximate surface area is 85.4 Å². The molecule has 1 aliphatic heterocycles. The predicted octanol–water partition coefficient (Wildman–Crippen LogP) is 1.42. The van der Waals surface area contributed by atoms with Gasteiger partial charge >= 0.3 is 0 Å². The van der Waals surface area contributed by atoms with Crippen LogP contribution in [0.15, 0.2) is 0 Å². The summed E-state index contributed by atoms with van der Waals surface area (Å²) in [6, 6.07) is 0. The van der Waals surface area contributed by atoms with Gasteiger partial charge in [0.05, 0.1) is 12.2 Å². The summed E-state index contributed by atoms with van der Waals surface area (Å²) in [6.45, 7) is 5.80. The number of carbonyl (C=O) groups is 1. The van der Waals surface area contributed by atoms with Crippen molar-refractivity contribution in [2.24, 2.45) is 5.92 Å². The Hall–Kier alpha value is -0.570. The van der Waals surface area contributed by atoms with E-state index in [0.717, 1.165) is 32.4 Å². The van der Waals surface area contributed by atoms with E-state index in [4.69, 9.17) is 4.74 Å². The molecule has 0 spiro atoms. The smallest absolute Gasteiger partial charge is 0.225 e. The van der Waals surface area contributed by atoms with Gasteiger partial charge in [0.25, 0.3) is 0 Å². The Morgan fingerprint density at radius 3 is 2.64 bits per heavy atom. The molecule has 0 aromatic heterocycles. The molecule has 0 aromatic carbocycles. The van der Waals surface area contributed by atoms with Gasteiger partial charge in [-0.2, -0.15) is 0 Å². The third-order valence-corrected chi connectivity index (χ3v) is 2.85. The number of rotatable bonds is 3. The Balaban J connectivity index is 1.78. The van der Waals surface area contributed by atoms with E-state index in [1.807, 2.05) is 18.7 Å². The molecule has 14 heavy (non-hydrogen) atoms. The van der Waals surface area contributed by atoms with Crippen LogP contribution in [0.25, 0.3) is 0 Å². The summed E-state index contributed by atoms with van der Waals surface area (Å²) < 4.78 is 5.70. The lowest BCUT2D eigenvalue weighted by molar-refractivity contribution is -0.132. The molecule has 0 bridgehead atoms. The van der Waals surface area contributed by atoms with E-state index < -0.39 is 0 Å². The lowest BCUT2D eigenvalue weighted by Gasteiger charge is -2.17. The third-order valence-electron chi connectivity index (χ3n) is 2.85. The molecule has 0 radical (unpaired) electrons. The largest absolute Gasteiger partial charge is 0.374 e. The molecule has 1 aliphatic carbocycles. The van der Waals surface area contributed by atoms with Crippen molar-refractivity contribution in [1.82, 2.24) is 4.90 Å². The molecular weight excluding hydrogens is 178 g/mol. The number of amides is 1. The lowest BCUT2D eigenvalue weighted by Crippen LogP contribution is -2.31. The summed E-state index contributed by atoms with van der Waals surface area (Å²) in [5, 5.41) is 0. The van der Waals surface area contributed by atoms with Crippen LogP contribution in [0.1, 0.15) is 33.1 Å². The van der Waals surface area contributed by atoms with E-state index in [1.165, 1.54) is 0 Å². The number of nitrogens with zero attached hydrogens (tertiary/aromatic N) is 1. The van der Waals surface area contributed by atoms with Gasteiger partial charge in [-0.3, -0.25) is 4.79 Å². The summed E-state index contributed by atoms with van der Waals surface area (Å²) in [7, 11) is 0. The van der Waals surface area contributed by atoms with E-state index in [2.05, 4.69) is 0 Å². The van der Waals surface area contributed by atoms with Crippen LogP contribution >= 0.6 is 0 Å². The first kappa shape index (κ1) is 9.97. The topological polar surface area (TPSA) is 29.5 Å². The molecule has 1 heterocycles. The van der Waals surface area contributed by atoms with Gasteiger partial charge in [-0.25, -0.2) is 0 Å². The van der Waals surface area contributed by atoms with Crippen LogP contribution in [0.2, 0.25) is 0 Å². The summed E-state index contributed by atoms with van der Waals surface area (Å²) in [6.07, 6.45) is 3.76. The first-order chi connectivity index (χ1) is 6.66. The standard InChI is InChI=1S/C11H19NO2/c1-8(2)14-10-5-6-12(7-10)11(13)9-3-4-9/h8-10H,3-7H2,1-2H3/t10-/m0/s1. The Kier molecular flexibility index (Phi) is 2.77. The zero-order chi connectivity index (χ0) is 10.1. The highest BCUT2D eigenvalue weighted by Crippen LogP contribution is 2.32. The summed E-state index contributed by atoms with van der Waals surface area (Å²) >= 11 is 0. The Bertz CT molecular complexity index is 223. The molecule has 80 valence electrons. The minimum absolute atomic E-state index is 0.274. The normalized spacial score (nSPS) is 27.4. The van der Waals surface area contributed by atoms with Crippen LogP contribution in [-0.4, -0.2) is 36.1 Å². The first-order valence-electron chi connectivity index (χ1n) is 5.61. The van der Waals surface area contributed by atoms with Crippen LogP contribution in [0.3, 0.4) is 0 Å². The zero-order valence-electron chi connectivity index (χ0n) is 9.03. The van der Waals surface area contributed by atoms with Crippen molar-refractivity contribution in [3.05, 3.63) is 0 Å². The molecule has 2 fully saturated rings. The van der Waals surface area contributed by atoms with Crippen LogP contribution in [-0.2, 0) is 9.53 Å². The second-order valence-corrected chi connectivity index (χ2v) is 4.65. The third kappa shape index (κ3) is 2.27. The molecule has 1 saturated heterocycles. The minimum Gasteiger partial charge on any atom is -0.374 e. The number of hydrogen-bond acceptors (Lipinski definition) is 2. The number of ether oxygens (including phenoxy) is 1. The number of likely N-dealkylation sites (tertiary alicyclic amines) is 1. The van der Waals surface area contributed by atoms with E-state index in [0.29, 0.717) is 11.8 Å². The van der Waals surface area contributed by atoms with Crippen LogP contribution in [0.4, 0.5) is 0 Å². The van der Waals surface area contributed by atoms with Gasteiger partial charge in [-0.05, 0) is 33.1 Å². The predicted molar refractivity (Wildman–Crippen MR) is 53.9 cm³/mol. The molecule has 1 saturated carbocycles. The van der Waals surface area contributed by atoms with Crippen LogP contribution in [0, 0.1) is 5.92 Å². The second-order valence-electron chi connectivity index (χ2n) is 4.65. The van der Waals surface area contributed by atoms with Crippen LogP contribution < -0.4 is 0 Å². The lowest BCUT2D eigenvalue weighted by atomic mass is 10.3. The zero-order valence-corrected chi connectivity index (χ0v) is 9.03. The molecule has 0 unspecified atom stereocenters. The fourth-order valence-electron chi connectivity index (χ4n) is 2.01. The van der Waals surface area contributed by atoms with Crippen molar-refractivity contribution in [3.8, 4) is 0 Å². The average Bonchev–Trinajstić information content (AvgIpc) is 2.86. The monoisotopic (exact) mass is 197 g/mol. The SMILES string of the molecule is CC(C)O[C@H]1CCN(C(=O)C2CC2)C1. The number of carbonyl (C=O) groups excluding carboxylic acids is 1. The highest BCUT2D eigenvalue weighted by Gasteiger charge is 2.36. The Morgan fingerprint density at radius 1 is 1.36 bits per heavy atom. The van der Waals surface area contributed by atoms with Crippen molar-refractivity contribution in [1.29, 1.82) is 0 Å². The van der Waals surface area contributed by atoms with Gasteiger partial charge in [0.2, 0.25) is 5.91 Å². The quantitative estimate of drug-likeness (QED) is 0.685. The van der Waals surface area contributed by atoms with E-state index in [9.17, 15) is 4.79 Å². The van der Waals surface area contributed by atoms with Crippen LogP contribution in [0.5, 0.6) is 0 Å². The second kappa shape index (κ2) is 3.89. The van der Waals surface area contributed by atoms with Gasteiger partial charge in [0, 0.05) is 19.0 Å². The maximum Gasteiger partial charge on any atom is 0.225 e. The van der Waals surface area contributed by atoms with E-state index >= 15 is 0 Å². The molecule has 0 aromatic rings. The van der Waals surface area contributed by atoms with Crippen molar-refractivity contribution < 1.29 is 9.53 Å². The van der Waals surface area contributed by atoms with E-state index in [-0.39, 0.29) is 12.2 Å². The van der Waals surface area contributed by atoms with Crippen molar-refractivity contribution >= 4 is 5.91 Å². The molecule has 1 atom stereocenters. The van der Waals surface area contributed by atoms with Gasteiger partial charge in [-0.15, -0.1) is 0 Å². The average molecular weight is 197 g/mol. The molecule has 1 amide bonds.